The van der Waals surface area contributed by atoms with Gasteiger partial charge in [0, 0.05) is 67.5 Å². The Labute approximate surface area is 170 Å². The van der Waals surface area contributed by atoms with Crippen LogP contribution < -0.4 is 0 Å². The molecule has 3 aromatic rings. The molecule has 0 radical (unpaired) electrons. The van der Waals surface area contributed by atoms with Crippen LogP contribution in [0, 0.1) is 13.8 Å². The molecule has 0 unspecified atom stereocenters. The van der Waals surface area contributed by atoms with Crippen molar-refractivity contribution in [3.05, 3.63) is 59.9 Å². The fraction of sp³-hybridized carbons (Fsp3) is 0.409. The molecule has 1 fully saturated rings. The summed E-state index contributed by atoms with van der Waals surface area (Å²) in [6.07, 6.45) is 7.80. The summed E-state index contributed by atoms with van der Waals surface area (Å²) in [6.45, 7) is 6.15. The molecule has 150 valence electrons. The molecule has 0 N–H and O–H groups in total. The summed E-state index contributed by atoms with van der Waals surface area (Å²) in [5.41, 5.74) is 4.04. The van der Waals surface area contributed by atoms with E-state index in [0.717, 1.165) is 42.0 Å². The van der Waals surface area contributed by atoms with Crippen molar-refractivity contribution in [2.45, 2.75) is 45.6 Å². The maximum absolute atomic E-state index is 12.8. The Hall–Kier alpha value is -3.09. The first-order valence-electron chi connectivity index (χ1n) is 10.1. The van der Waals surface area contributed by atoms with E-state index in [4.69, 9.17) is 4.98 Å². The number of piperidine rings is 1. The van der Waals surface area contributed by atoms with Crippen LogP contribution in [-0.2, 0) is 11.3 Å². The van der Waals surface area contributed by atoms with Gasteiger partial charge in [-0.05, 0) is 51.0 Å². The number of likely N-dealkylation sites (tertiary alicyclic amines) is 1. The van der Waals surface area contributed by atoms with Crippen molar-refractivity contribution in [2.24, 2.45) is 0 Å². The second-order valence-electron chi connectivity index (χ2n) is 7.62. The molecule has 3 aromatic heterocycles. The number of hydrogen-bond donors (Lipinski definition) is 0. The molecule has 1 aliphatic heterocycles. The van der Waals surface area contributed by atoms with E-state index in [2.05, 4.69) is 15.1 Å². The molecule has 0 saturated carbocycles. The van der Waals surface area contributed by atoms with Gasteiger partial charge in [0.25, 0.3) is 0 Å². The number of carbonyl (C=O) groups is 1. The van der Waals surface area contributed by atoms with Gasteiger partial charge in [0.2, 0.25) is 5.91 Å². The maximum atomic E-state index is 12.8. The van der Waals surface area contributed by atoms with Crippen molar-refractivity contribution in [1.29, 1.82) is 0 Å². The van der Waals surface area contributed by atoms with Crippen LogP contribution in [0.25, 0.3) is 11.4 Å². The van der Waals surface area contributed by atoms with Gasteiger partial charge in [0.1, 0.15) is 0 Å². The first-order chi connectivity index (χ1) is 14.1. The smallest absolute Gasteiger partial charge is 0.224 e. The summed E-state index contributed by atoms with van der Waals surface area (Å²) in [7, 11) is 0. The predicted octanol–water partition coefficient (Wildman–Crippen LogP) is 3.15. The number of rotatable bonds is 5. The highest BCUT2D eigenvalue weighted by Crippen LogP contribution is 2.27. The van der Waals surface area contributed by atoms with E-state index in [1.54, 1.807) is 12.4 Å². The van der Waals surface area contributed by atoms with Crippen LogP contribution in [0.5, 0.6) is 0 Å². The monoisotopic (exact) mass is 390 g/mol. The summed E-state index contributed by atoms with van der Waals surface area (Å²) in [5, 5.41) is 4.45. The van der Waals surface area contributed by atoms with Crippen LogP contribution in [-0.4, -0.2) is 48.6 Å². The fourth-order valence-electron chi connectivity index (χ4n) is 3.95. The first-order valence-corrected chi connectivity index (χ1v) is 10.1. The van der Waals surface area contributed by atoms with Gasteiger partial charge < -0.3 is 4.90 Å². The van der Waals surface area contributed by atoms with Gasteiger partial charge in [0.05, 0.1) is 5.69 Å². The van der Waals surface area contributed by atoms with E-state index in [9.17, 15) is 4.79 Å². The standard InChI is InChI=1S/C22H26N6O/c1-16-14-17(2)28(26-16)13-8-21(29)27-12-3-4-19(15-27)20-7-11-24-22(25-20)18-5-9-23-10-6-18/h5-7,9-11,14,19H,3-4,8,12-13,15H2,1-2H3/t19-/m1/s1. The van der Waals surface area contributed by atoms with Gasteiger partial charge >= 0.3 is 0 Å². The third-order valence-corrected chi connectivity index (χ3v) is 5.45. The zero-order chi connectivity index (χ0) is 20.2. The van der Waals surface area contributed by atoms with Crippen molar-refractivity contribution in [1.82, 2.24) is 29.6 Å². The number of nitrogens with zero attached hydrogens (tertiary/aromatic N) is 6. The van der Waals surface area contributed by atoms with E-state index in [-0.39, 0.29) is 11.8 Å². The van der Waals surface area contributed by atoms with E-state index in [1.165, 1.54) is 0 Å². The van der Waals surface area contributed by atoms with E-state index in [1.807, 2.05) is 53.9 Å². The Balaban J connectivity index is 1.42. The zero-order valence-electron chi connectivity index (χ0n) is 17.0. The minimum atomic E-state index is 0.186. The minimum Gasteiger partial charge on any atom is -0.342 e. The molecule has 1 saturated heterocycles. The predicted molar refractivity (Wildman–Crippen MR) is 110 cm³/mol. The van der Waals surface area contributed by atoms with E-state index >= 15 is 0 Å². The minimum absolute atomic E-state index is 0.186. The van der Waals surface area contributed by atoms with Gasteiger partial charge in [0.15, 0.2) is 5.82 Å². The third-order valence-electron chi connectivity index (χ3n) is 5.45. The Morgan fingerprint density at radius 2 is 2.00 bits per heavy atom. The van der Waals surface area contributed by atoms with Crippen LogP contribution in [0.1, 0.15) is 42.3 Å². The first kappa shape index (κ1) is 19.2. The topological polar surface area (TPSA) is 76.8 Å². The zero-order valence-corrected chi connectivity index (χ0v) is 17.0. The molecule has 29 heavy (non-hydrogen) atoms. The summed E-state index contributed by atoms with van der Waals surface area (Å²) < 4.78 is 1.92. The molecule has 0 aliphatic carbocycles. The number of hydrogen-bond acceptors (Lipinski definition) is 5. The van der Waals surface area contributed by atoms with Crippen LogP contribution in [0.3, 0.4) is 0 Å². The van der Waals surface area contributed by atoms with Crippen LogP contribution in [0.2, 0.25) is 0 Å². The highest BCUT2D eigenvalue weighted by molar-refractivity contribution is 5.76. The number of amides is 1. The lowest BCUT2D eigenvalue weighted by Gasteiger charge is -2.32. The Kier molecular flexibility index (Phi) is 5.64. The second-order valence-corrected chi connectivity index (χ2v) is 7.62. The lowest BCUT2D eigenvalue weighted by molar-refractivity contribution is -0.132. The quantitative estimate of drug-likeness (QED) is 0.669. The molecule has 0 spiro atoms. The molecule has 0 bridgehead atoms. The van der Waals surface area contributed by atoms with Gasteiger partial charge in [-0.3, -0.25) is 14.5 Å². The molecule has 7 heteroatoms. The molecule has 1 atom stereocenters. The maximum Gasteiger partial charge on any atom is 0.224 e. The summed E-state index contributed by atoms with van der Waals surface area (Å²) in [4.78, 5) is 28.0. The Morgan fingerprint density at radius 3 is 2.76 bits per heavy atom. The highest BCUT2D eigenvalue weighted by atomic mass is 16.2. The largest absolute Gasteiger partial charge is 0.342 e. The van der Waals surface area contributed by atoms with Crippen molar-refractivity contribution >= 4 is 5.91 Å². The average Bonchev–Trinajstić information content (AvgIpc) is 3.09. The number of aromatic nitrogens is 5. The van der Waals surface area contributed by atoms with Crippen LogP contribution in [0.4, 0.5) is 0 Å². The normalized spacial score (nSPS) is 16.8. The lowest BCUT2D eigenvalue weighted by atomic mass is 9.94. The molecule has 0 aromatic carbocycles. The molecular weight excluding hydrogens is 364 g/mol. The molecule has 1 aliphatic rings. The Bertz CT molecular complexity index is 984. The summed E-state index contributed by atoms with van der Waals surface area (Å²) >= 11 is 0. The van der Waals surface area contributed by atoms with Crippen LogP contribution in [0.15, 0.2) is 42.9 Å². The van der Waals surface area contributed by atoms with Gasteiger partial charge in [-0.25, -0.2) is 9.97 Å². The number of pyridine rings is 1. The van der Waals surface area contributed by atoms with Crippen molar-refractivity contribution in [2.75, 3.05) is 13.1 Å². The average molecular weight is 390 g/mol. The second kappa shape index (κ2) is 8.51. The van der Waals surface area contributed by atoms with E-state index < -0.39 is 0 Å². The number of carbonyl (C=O) groups excluding carboxylic acids is 1. The van der Waals surface area contributed by atoms with Crippen molar-refractivity contribution < 1.29 is 4.79 Å². The molecule has 4 heterocycles. The van der Waals surface area contributed by atoms with Gasteiger partial charge in [-0.1, -0.05) is 0 Å². The SMILES string of the molecule is Cc1cc(C)n(CCC(=O)N2CCC[C@@H](c3ccnc(-c4ccncc4)n3)C2)n1. The van der Waals surface area contributed by atoms with E-state index in [0.29, 0.717) is 25.3 Å². The van der Waals surface area contributed by atoms with Crippen molar-refractivity contribution in [3.8, 4) is 11.4 Å². The summed E-state index contributed by atoms with van der Waals surface area (Å²) in [5.74, 6) is 1.13. The Morgan fingerprint density at radius 1 is 1.17 bits per heavy atom. The molecule has 7 nitrogen and oxygen atoms in total. The molecule has 1 amide bonds. The molecular formula is C22H26N6O. The molecule has 4 rings (SSSR count). The van der Waals surface area contributed by atoms with Crippen molar-refractivity contribution in [3.63, 3.8) is 0 Å². The van der Waals surface area contributed by atoms with Gasteiger partial charge in [-0.2, -0.15) is 5.10 Å². The highest BCUT2D eigenvalue weighted by Gasteiger charge is 2.26. The summed E-state index contributed by atoms with van der Waals surface area (Å²) in [6, 6.07) is 7.83. The van der Waals surface area contributed by atoms with Crippen LogP contribution >= 0.6 is 0 Å². The van der Waals surface area contributed by atoms with Gasteiger partial charge in [-0.15, -0.1) is 0 Å². The third kappa shape index (κ3) is 4.50. The fourth-order valence-corrected chi connectivity index (χ4v) is 3.95. The lowest BCUT2D eigenvalue weighted by Crippen LogP contribution is -2.39. The number of aryl methyl sites for hydroxylation is 3.